The van der Waals surface area contributed by atoms with Gasteiger partial charge in [0.1, 0.15) is 17.1 Å². The van der Waals surface area contributed by atoms with E-state index in [9.17, 15) is 14.3 Å². The molecule has 2 rings (SSSR count). The number of hydrogen-bond donors (Lipinski definition) is 1. The Morgan fingerprint density at radius 1 is 1.47 bits per heavy atom. The van der Waals surface area contributed by atoms with Crippen molar-refractivity contribution in [3.8, 4) is 11.3 Å². The van der Waals surface area contributed by atoms with Crippen molar-refractivity contribution in [1.29, 1.82) is 0 Å². The van der Waals surface area contributed by atoms with Crippen LogP contribution in [0.2, 0.25) is 0 Å². The van der Waals surface area contributed by atoms with Crippen LogP contribution in [0.3, 0.4) is 0 Å². The van der Waals surface area contributed by atoms with Crippen LogP contribution < -0.4 is 0 Å². The van der Waals surface area contributed by atoms with E-state index in [1.54, 1.807) is 16.8 Å². The van der Waals surface area contributed by atoms with Gasteiger partial charge in [0.2, 0.25) is 0 Å². The Labute approximate surface area is 110 Å². The van der Waals surface area contributed by atoms with Crippen LogP contribution in [0.15, 0.2) is 30.5 Å². The van der Waals surface area contributed by atoms with Gasteiger partial charge in [0.05, 0.1) is 0 Å². The number of aromatic carboxylic acids is 1. The first-order valence-electron chi connectivity index (χ1n) is 6.12. The van der Waals surface area contributed by atoms with E-state index < -0.39 is 11.8 Å². The summed E-state index contributed by atoms with van der Waals surface area (Å²) in [5.74, 6) is -1.58. The maximum Gasteiger partial charge on any atom is 0.339 e. The highest BCUT2D eigenvalue weighted by atomic mass is 19.1. The highest BCUT2D eigenvalue weighted by Gasteiger charge is 2.20. The number of nitrogens with zero attached hydrogens (tertiary/aromatic N) is 2. The van der Waals surface area contributed by atoms with Crippen molar-refractivity contribution in [1.82, 2.24) is 9.78 Å². The zero-order valence-corrected chi connectivity index (χ0v) is 10.8. The van der Waals surface area contributed by atoms with E-state index in [-0.39, 0.29) is 22.9 Å². The predicted octanol–water partition coefficient (Wildman–Crippen LogP) is 3.36. The summed E-state index contributed by atoms with van der Waals surface area (Å²) < 4.78 is 15.3. The number of carbonyl (C=O) groups is 1. The van der Waals surface area contributed by atoms with E-state index >= 15 is 0 Å². The Kier molecular flexibility index (Phi) is 3.64. The van der Waals surface area contributed by atoms with E-state index in [1.807, 2.05) is 13.8 Å². The first-order valence-corrected chi connectivity index (χ1v) is 6.12. The highest BCUT2D eigenvalue weighted by molar-refractivity contribution is 5.94. The van der Waals surface area contributed by atoms with Crippen LogP contribution in [0.1, 0.15) is 36.7 Å². The summed E-state index contributed by atoms with van der Waals surface area (Å²) in [5, 5.41) is 13.4. The van der Waals surface area contributed by atoms with Gasteiger partial charge >= 0.3 is 5.97 Å². The Hall–Kier alpha value is -2.17. The molecule has 1 N–H and O–H groups in total. The van der Waals surface area contributed by atoms with E-state index in [0.717, 1.165) is 6.42 Å². The third-order valence-corrected chi connectivity index (χ3v) is 3.13. The molecule has 0 radical (unpaired) electrons. The molecule has 1 unspecified atom stereocenters. The lowest BCUT2D eigenvalue weighted by Crippen LogP contribution is -2.04. The molecule has 0 saturated carbocycles. The van der Waals surface area contributed by atoms with Gasteiger partial charge in [-0.15, -0.1) is 0 Å². The minimum Gasteiger partial charge on any atom is -0.478 e. The third-order valence-electron chi connectivity index (χ3n) is 3.13. The number of benzene rings is 1. The minimum atomic E-state index is -1.10. The van der Waals surface area contributed by atoms with Gasteiger partial charge < -0.3 is 5.11 Å². The van der Waals surface area contributed by atoms with Gasteiger partial charge in [-0.05, 0) is 25.5 Å². The molecule has 0 amide bonds. The summed E-state index contributed by atoms with van der Waals surface area (Å²) in [5.41, 5.74) is 0.401. The molecule has 5 heteroatoms. The molecular weight excluding hydrogens is 247 g/mol. The van der Waals surface area contributed by atoms with Crippen LogP contribution in [0.4, 0.5) is 4.39 Å². The molecule has 0 aliphatic heterocycles. The number of rotatable bonds is 4. The standard InChI is InChI=1S/C14H15FN2O2/c1-3-9(2)17-8-11(14(18)19)13(16-17)10-6-4-5-7-12(10)15/h4-9H,3H2,1-2H3,(H,18,19). The molecular formula is C14H15FN2O2. The van der Waals surface area contributed by atoms with E-state index in [0.29, 0.717) is 0 Å². The maximum atomic E-state index is 13.8. The molecule has 19 heavy (non-hydrogen) atoms. The lowest BCUT2D eigenvalue weighted by atomic mass is 10.1. The van der Waals surface area contributed by atoms with Crippen molar-refractivity contribution in [2.24, 2.45) is 0 Å². The topological polar surface area (TPSA) is 55.1 Å². The fourth-order valence-electron chi connectivity index (χ4n) is 1.81. The van der Waals surface area contributed by atoms with E-state index in [2.05, 4.69) is 5.10 Å². The first kappa shape index (κ1) is 13.3. The molecule has 100 valence electrons. The molecule has 0 aliphatic carbocycles. The third kappa shape index (κ3) is 2.50. The largest absolute Gasteiger partial charge is 0.478 e. The molecule has 0 aliphatic rings. The SMILES string of the molecule is CCC(C)n1cc(C(=O)O)c(-c2ccccc2F)n1. The average molecular weight is 262 g/mol. The summed E-state index contributed by atoms with van der Waals surface area (Å²) in [6, 6.07) is 6.12. The van der Waals surface area contributed by atoms with Crippen molar-refractivity contribution < 1.29 is 14.3 Å². The minimum absolute atomic E-state index is 0.0189. The van der Waals surface area contributed by atoms with Gasteiger partial charge in [-0.3, -0.25) is 4.68 Å². The number of halogens is 1. The molecule has 1 heterocycles. The number of aromatic nitrogens is 2. The second kappa shape index (κ2) is 5.22. The van der Waals surface area contributed by atoms with Crippen molar-refractivity contribution in [3.63, 3.8) is 0 Å². The summed E-state index contributed by atoms with van der Waals surface area (Å²) in [6.45, 7) is 3.92. The van der Waals surface area contributed by atoms with Crippen molar-refractivity contribution >= 4 is 5.97 Å². The first-order chi connectivity index (χ1) is 9.04. The van der Waals surface area contributed by atoms with Gasteiger partial charge in [0, 0.05) is 17.8 Å². The normalized spacial score (nSPS) is 12.4. The average Bonchev–Trinajstić information content (AvgIpc) is 2.83. The van der Waals surface area contributed by atoms with Gasteiger partial charge in [0.15, 0.2) is 0 Å². The molecule has 1 aromatic heterocycles. The number of hydrogen-bond acceptors (Lipinski definition) is 2. The molecule has 0 spiro atoms. The van der Waals surface area contributed by atoms with Gasteiger partial charge in [-0.2, -0.15) is 5.10 Å². The summed E-state index contributed by atoms with van der Waals surface area (Å²) >= 11 is 0. The quantitative estimate of drug-likeness (QED) is 0.919. The highest BCUT2D eigenvalue weighted by Crippen LogP contribution is 2.26. The zero-order valence-electron chi connectivity index (χ0n) is 10.8. The Morgan fingerprint density at radius 3 is 2.74 bits per heavy atom. The molecule has 0 fully saturated rings. The second-order valence-corrected chi connectivity index (χ2v) is 4.41. The molecule has 1 aromatic carbocycles. The predicted molar refractivity (Wildman–Crippen MR) is 69.6 cm³/mol. The molecule has 0 bridgehead atoms. The van der Waals surface area contributed by atoms with E-state index in [4.69, 9.17) is 0 Å². The lowest BCUT2D eigenvalue weighted by Gasteiger charge is -2.08. The van der Waals surface area contributed by atoms with Crippen molar-refractivity contribution in [2.75, 3.05) is 0 Å². The van der Waals surface area contributed by atoms with Crippen LogP contribution in [-0.4, -0.2) is 20.9 Å². The van der Waals surface area contributed by atoms with Crippen LogP contribution in [0.25, 0.3) is 11.3 Å². The molecule has 1 atom stereocenters. The van der Waals surface area contributed by atoms with Gasteiger partial charge in [-0.1, -0.05) is 19.1 Å². The van der Waals surface area contributed by atoms with Crippen LogP contribution in [-0.2, 0) is 0 Å². The summed E-state index contributed by atoms with van der Waals surface area (Å²) in [4.78, 5) is 11.3. The smallest absolute Gasteiger partial charge is 0.339 e. The number of carboxylic acids is 1. The van der Waals surface area contributed by atoms with Crippen LogP contribution in [0, 0.1) is 5.82 Å². The van der Waals surface area contributed by atoms with Crippen LogP contribution in [0.5, 0.6) is 0 Å². The fraction of sp³-hybridized carbons (Fsp3) is 0.286. The van der Waals surface area contributed by atoms with Gasteiger partial charge in [-0.25, -0.2) is 9.18 Å². The lowest BCUT2D eigenvalue weighted by molar-refractivity contribution is 0.0697. The van der Waals surface area contributed by atoms with E-state index in [1.165, 1.54) is 18.3 Å². The zero-order chi connectivity index (χ0) is 14.0. The monoisotopic (exact) mass is 262 g/mol. The summed E-state index contributed by atoms with van der Waals surface area (Å²) in [6.07, 6.45) is 2.27. The Balaban J connectivity index is 2.59. The molecule has 2 aromatic rings. The van der Waals surface area contributed by atoms with Crippen molar-refractivity contribution in [2.45, 2.75) is 26.3 Å². The number of carboxylic acid groups (broad SMARTS) is 1. The summed E-state index contributed by atoms with van der Waals surface area (Å²) in [7, 11) is 0. The second-order valence-electron chi connectivity index (χ2n) is 4.41. The Bertz CT molecular complexity index is 607. The molecule has 4 nitrogen and oxygen atoms in total. The van der Waals surface area contributed by atoms with Crippen LogP contribution >= 0.6 is 0 Å². The fourth-order valence-corrected chi connectivity index (χ4v) is 1.81. The Morgan fingerprint density at radius 2 is 2.16 bits per heavy atom. The molecule has 0 saturated heterocycles. The van der Waals surface area contributed by atoms with Gasteiger partial charge in [0.25, 0.3) is 0 Å². The maximum absolute atomic E-state index is 13.8. The van der Waals surface area contributed by atoms with Crippen molar-refractivity contribution in [3.05, 3.63) is 41.8 Å².